The van der Waals surface area contributed by atoms with Crippen molar-refractivity contribution in [3.8, 4) is 11.1 Å². The molecular formula is C40H30N2S. The van der Waals surface area contributed by atoms with Crippen molar-refractivity contribution in [3.63, 3.8) is 0 Å². The number of anilines is 1. The minimum absolute atomic E-state index is 0.0781. The summed E-state index contributed by atoms with van der Waals surface area (Å²) in [5.41, 5.74) is 10.6. The molecule has 0 spiro atoms. The van der Waals surface area contributed by atoms with Crippen LogP contribution in [0.4, 0.5) is 5.69 Å². The van der Waals surface area contributed by atoms with Crippen molar-refractivity contribution in [1.82, 2.24) is 5.32 Å². The molecule has 2 heterocycles. The molecule has 3 aliphatic rings. The fourth-order valence-corrected chi connectivity index (χ4v) is 8.62. The molecule has 206 valence electrons. The van der Waals surface area contributed by atoms with Crippen molar-refractivity contribution in [2.75, 3.05) is 4.90 Å². The molecule has 4 unspecified atom stereocenters. The molecule has 1 aliphatic carbocycles. The Morgan fingerprint density at radius 1 is 0.605 bits per heavy atom. The lowest BCUT2D eigenvalue weighted by Crippen LogP contribution is -2.57. The smallest absolute Gasteiger partial charge is 0.109 e. The lowest BCUT2D eigenvalue weighted by Gasteiger charge is -2.52. The van der Waals surface area contributed by atoms with E-state index in [4.69, 9.17) is 0 Å². The summed E-state index contributed by atoms with van der Waals surface area (Å²) in [6.45, 7) is 0. The van der Waals surface area contributed by atoms with Gasteiger partial charge in [0.25, 0.3) is 0 Å². The van der Waals surface area contributed by atoms with Gasteiger partial charge in [-0.15, -0.1) is 11.8 Å². The third kappa shape index (κ3) is 4.07. The number of hydrogen-bond acceptors (Lipinski definition) is 3. The summed E-state index contributed by atoms with van der Waals surface area (Å²) in [5.74, 6) is 0.395. The van der Waals surface area contributed by atoms with Gasteiger partial charge in [-0.05, 0) is 74.0 Å². The molecule has 6 aromatic carbocycles. The average molecular weight is 571 g/mol. The van der Waals surface area contributed by atoms with Crippen LogP contribution in [0.1, 0.15) is 46.1 Å². The van der Waals surface area contributed by atoms with Crippen molar-refractivity contribution in [2.24, 2.45) is 0 Å². The maximum Gasteiger partial charge on any atom is 0.109 e. The molecule has 3 heteroatoms. The lowest BCUT2D eigenvalue weighted by atomic mass is 9.79. The van der Waals surface area contributed by atoms with Crippen LogP contribution in [0.2, 0.25) is 0 Å². The summed E-state index contributed by atoms with van der Waals surface area (Å²) in [6.07, 6.45) is 4.92. The van der Waals surface area contributed by atoms with Crippen molar-refractivity contribution in [2.45, 2.75) is 28.4 Å². The number of benzene rings is 6. The molecule has 0 bridgehead atoms. The lowest BCUT2D eigenvalue weighted by molar-refractivity contribution is 0.276. The van der Waals surface area contributed by atoms with Gasteiger partial charge in [0, 0.05) is 21.8 Å². The van der Waals surface area contributed by atoms with Gasteiger partial charge in [0.1, 0.15) is 12.3 Å². The summed E-state index contributed by atoms with van der Waals surface area (Å²) >= 11 is 2.01. The highest BCUT2D eigenvalue weighted by atomic mass is 32.2. The van der Waals surface area contributed by atoms with Gasteiger partial charge < -0.3 is 4.90 Å². The molecule has 0 saturated carbocycles. The molecule has 43 heavy (non-hydrogen) atoms. The van der Waals surface area contributed by atoms with Gasteiger partial charge in [-0.25, -0.2) is 0 Å². The van der Waals surface area contributed by atoms with Gasteiger partial charge in [0.15, 0.2) is 0 Å². The molecule has 4 atom stereocenters. The van der Waals surface area contributed by atoms with Crippen LogP contribution in [0.5, 0.6) is 0 Å². The van der Waals surface area contributed by atoms with E-state index in [1.165, 1.54) is 60.3 Å². The molecule has 1 saturated heterocycles. The quantitative estimate of drug-likeness (QED) is 0.227. The summed E-state index contributed by atoms with van der Waals surface area (Å²) in [7, 11) is 0. The fourth-order valence-electron chi connectivity index (χ4n) is 7.26. The molecule has 1 N–H and O–H groups in total. The maximum atomic E-state index is 3.89. The minimum Gasteiger partial charge on any atom is -0.332 e. The Hall–Kier alpha value is -4.57. The topological polar surface area (TPSA) is 15.3 Å². The van der Waals surface area contributed by atoms with Gasteiger partial charge in [-0.2, -0.15) is 0 Å². The molecule has 0 aromatic heterocycles. The van der Waals surface area contributed by atoms with Crippen LogP contribution < -0.4 is 10.2 Å². The van der Waals surface area contributed by atoms with Crippen LogP contribution in [0.3, 0.4) is 0 Å². The molecular weight excluding hydrogens is 541 g/mol. The van der Waals surface area contributed by atoms with E-state index in [9.17, 15) is 0 Å². The number of nitrogens with one attached hydrogen (secondary N) is 1. The third-order valence-electron chi connectivity index (χ3n) is 9.30. The SMILES string of the molecule is C1=CC2Sc3ccccc3C2c2c1ccc1cc(N3C(c4ccccc4)NC3c3cccc(-c4ccccc4)c3)ccc21. The molecule has 6 aromatic rings. The molecule has 9 rings (SSSR count). The zero-order chi connectivity index (χ0) is 28.3. The normalized spacial score (nSPS) is 21.6. The third-order valence-corrected chi connectivity index (χ3v) is 10.6. The summed E-state index contributed by atoms with van der Waals surface area (Å²) in [5, 5.41) is 7.02. The second-order valence-corrected chi connectivity index (χ2v) is 12.9. The van der Waals surface area contributed by atoms with Gasteiger partial charge in [-0.1, -0.05) is 127 Å². The van der Waals surface area contributed by atoms with Gasteiger partial charge in [0.05, 0.1) is 0 Å². The standard InChI is InChI=1S/C40H30N2S/c1-3-10-26(11-4-1)29-14-9-15-31(24-29)40-41-39(28-12-5-2-6-13-28)42(40)32-21-22-33-30(25-32)19-18-27-20-23-36-38(37(27)33)34-16-7-8-17-35(34)43-36/h1-25,36,38-41H. The Labute approximate surface area is 256 Å². The Balaban J connectivity index is 1.14. The zero-order valence-electron chi connectivity index (χ0n) is 23.6. The van der Waals surface area contributed by atoms with Crippen LogP contribution in [-0.2, 0) is 0 Å². The molecule has 0 radical (unpaired) electrons. The predicted octanol–water partition coefficient (Wildman–Crippen LogP) is 9.95. The van der Waals surface area contributed by atoms with Crippen LogP contribution >= 0.6 is 11.8 Å². The van der Waals surface area contributed by atoms with E-state index in [0.717, 1.165) is 0 Å². The van der Waals surface area contributed by atoms with E-state index >= 15 is 0 Å². The predicted molar refractivity (Wildman–Crippen MR) is 180 cm³/mol. The largest absolute Gasteiger partial charge is 0.332 e. The zero-order valence-corrected chi connectivity index (χ0v) is 24.4. The summed E-state index contributed by atoms with van der Waals surface area (Å²) < 4.78 is 0. The number of nitrogens with zero attached hydrogens (tertiary/aromatic N) is 1. The highest BCUT2D eigenvalue weighted by Gasteiger charge is 2.40. The van der Waals surface area contributed by atoms with E-state index in [2.05, 4.69) is 162 Å². The highest BCUT2D eigenvalue weighted by molar-refractivity contribution is 8.00. The molecule has 2 nitrogen and oxygen atoms in total. The van der Waals surface area contributed by atoms with Crippen molar-refractivity contribution < 1.29 is 0 Å². The fraction of sp³-hybridized carbons (Fsp3) is 0.100. The maximum absolute atomic E-state index is 3.89. The Morgan fingerprint density at radius 2 is 1.35 bits per heavy atom. The van der Waals surface area contributed by atoms with E-state index in [-0.39, 0.29) is 12.3 Å². The first kappa shape index (κ1) is 25.0. The number of rotatable bonds is 4. The van der Waals surface area contributed by atoms with Crippen molar-refractivity contribution in [1.29, 1.82) is 0 Å². The van der Waals surface area contributed by atoms with E-state index < -0.39 is 0 Å². The second kappa shape index (κ2) is 10.0. The molecule has 1 fully saturated rings. The first-order chi connectivity index (χ1) is 21.3. The monoisotopic (exact) mass is 570 g/mol. The summed E-state index contributed by atoms with van der Waals surface area (Å²) in [6, 6.07) is 51.1. The molecule has 2 aliphatic heterocycles. The van der Waals surface area contributed by atoms with Gasteiger partial charge in [0.2, 0.25) is 0 Å². The Bertz CT molecular complexity index is 2020. The summed E-state index contributed by atoms with van der Waals surface area (Å²) in [4.78, 5) is 3.96. The van der Waals surface area contributed by atoms with Crippen LogP contribution in [-0.4, -0.2) is 5.25 Å². The number of thioether (sulfide) groups is 1. The van der Waals surface area contributed by atoms with Crippen LogP contribution in [0.15, 0.2) is 150 Å². The van der Waals surface area contributed by atoms with Gasteiger partial charge in [-0.3, -0.25) is 5.32 Å². The highest BCUT2D eigenvalue weighted by Crippen LogP contribution is 2.54. The van der Waals surface area contributed by atoms with Crippen molar-refractivity contribution >= 4 is 34.3 Å². The Kier molecular flexibility index (Phi) is 5.82. The Morgan fingerprint density at radius 3 is 2.23 bits per heavy atom. The minimum atomic E-state index is 0.0781. The number of fused-ring (bicyclic) bond motifs is 7. The van der Waals surface area contributed by atoms with Gasteiger partial charge >= 0.3 is 0 Å². The van der Waals surface area contributed by atoms with Crippen LogP contribution in [0.25, 0.3) is 28.0 Å². The van der Waals surface area contributed by atoms with E-state index in [1.807, 2.05) is 11.8 Å². The number of hydrogen-bond donors (Lipinski definition) is 1. The average Bonchev–Trinajstić information content (AvgIpc) is 3.44. The van der Waals surface area contributed by atoms with Crippen molar-refractivity contribution in [3.05, 3.63) is 173 Å². The van der Waals surface area contributed by atoms with Crippen LogP contribution in [0, 0.1) is 0 Å². The second-order valence-electron chi connectivity index (χ2n) is 11.7. The van der Waals surface area contributed by atoms with E-state index in [1.54, 1.807) is 0 Å². The first-order valence-corrected chi connectivity index (χ1v) is 15.9. The first-order valence-electron chi connectivity index (χ1n) is 15.1. The molecule has 0 amide bonds. The van der Waals surface area contributed by atoms with E-state index in [0.29, 0.717) is 11.2 Å².